The third-order valence-electron chi connectivity index (χ3n) is 3.17. The Morgan fingerprint density at radius 3 is 2.56 bits per heavy atom. The maximum atomic E-state index is 11.8. The highest BCUT2D eigenvalue weighted by atomic mass is 16.4. The number of imide groups is 1. The van der Waals surface area contributed by atoms with E-state index in [1.807, 2.05) is 0 Å². The van der Waals surface area contributed by atoms with Crippen LogP contribution in [0.4, 0.5) is 9.59 Å². The van der Waals surface area contributed by atoms with Crippen LogP contribution in [0.5, 0.6) is 0 Å². The average molecular weight is 227 g/mol. The molecule has 0 aromatic rings. The minimum absolute atomic E-state index is 0.0146. The third kappa shape index (κ3) is 1.48. The predicted octanol–water partition coefficient (Wildman–Crippen LogP) is -0.369. The molecule has 2 fully saturated rings. The number of hydrogen-bond donors (Lipinski definition) is 4. The molecule has 7 heteroatoms. The number of urea groups is 1. The maximum Gasteiger partial charge on any atom is 0.404 e. The van der Waals surface area contributed by atoms with Crippen LogP contribution in [0.2, 0.25) is 0 Å². The summed E-state index contributed by atoms with van der Waals surface area (Å²) >= 11 is 0. The van der Waals surface area contributed by atoms with E-state index >= 15 is 0 Å². The van der Waals surface area contributed by atoms with E-state index in [4.69, 9.17) is 5.11 Å². The molecule has 7 nitrogen and oxygen atoms in total. The average Bonchev–Trinajstić information content (AvgIpc) is 2.92. The van der Waals surface area contributed by atoms with E-state index in [1.54, 1.807) is 6.92 Å². The van der Waals surface area contributed by atoms with E-state index in [9.17, 15) is 14.4 Å². The topological polar surface area (TPSA) is 108 Å². The van der Waals surface area contributed by atoms with E-state index in [1.165, 1.54) is 0 Å². The fourth-order valence-electron chi connectivity index (χ4n) is 2.27. The van der Waals surface area contributed by atoms with Crippen molar-refractivity contribution in [2.45, 2.75) is 31.3 Å². The van der Waals surface area contributed by atoms with Crippen LogP contribution in [0, 0.1) is 5.92 Å². The van der Waals surface area contributed by atoms with Gasteiger partial charge in [-0.25, -0.2) is 9.59 Å². The molecule has 1 saturated heterocycles. The van der Waals surface area contributed by atoms with Crippen LogP contribution >= 0.6 is 0 Å². The lowest BCUT2D eigenvalue weighted by Gasteiger charge is -2.32. The van der Waals surface area contributed by atoms with E-state index in [2.05, 4.69) is 16.0 Å². The largest absolute Gasteiger partial charge is 0.465 e. The zero-order valence-electron chi connectivity index (χ0n) is 8.74. The molecule has 2 aliphatic rings. The summed E-state index contributed by atoms with van der Waals surface area (Å²) in [5, 5.41) is 15.6. The Morgan fingerprint density at radius 1 is 1.56 bits per heavy atom. The van der Waals surface area contributed by atoms with Gasteiger partial charge in [0.15, 0.2) is 0 Å². The van der Waals surface area contributed by atoms with Crippen molar-refractivity contribution in [3.8, 4) is 0 Å². The van der Waals surface area contributed by atoms with Crippen molar-refractivity contribution in [2.75, 3.05) is 0 Å². The van der Waals surface area contributed by atoms with Crippen molar-refractivity contribution in [1.29, 1.82) is 0 Å². The van der Waals surface area contributed by atoms with E-state index in [0.29, 0.717) is 0 Å². The van der Waals surface area contributed by atoms with Gasteiger partial charge in [-0.1, -0.05) is 0 Å². The number of carbonyl (C=O) groups is 3. The SMILES string of the molecule is C[C@@H](NC(=O)O)C1(C2CC2)NC(=O)NC1=O. The summed E-state index contributed by atoms with van der Waals surface area (Å²) in [5.41, 5.74) is -1.12. The Morgan fingerprint density at radius 2 is 2.19 bits per heavy atom. The van der Waals surface area contributed by atoms with Crippen LogP contribution in [0.1, 0.15) is 19.8 Å². The van der Waals surface area contributed by atoms with Crippen molar-refractivity contribution >= 4 is 18.0 Å². The van der Waals surface area contributed by atoms with Gasteiger partial charge in [-0.2, -0.15) is 0 Å². The summed E-state index contributed by atoms with van der Waals surface area (Å²) in [6.07, 6.45) is 0.431. The van der Waals surface area contributed by atoms with Crippen molar-refractivity contribution in [3.63, 3.8) is 0 Å². The van der Waals surface area contributed by atoms with E-state index < -0.39 is 29.6 Å². The van der Waals surface area contributed by atoms with Gasteiger partial charge < -0.3 is 15.7 Å². The highest BCUT2D eigenvalue weighted by molar-refractivity contribution is 6.08. The van der Waals surface area contributed by atoms with Gasteiger partial charge >= 0.3 is 12.1 Å². The fraction of sp³-hybridized carbons (Fsp3) is 0.667. The van der Waals surface area contributed by atoms with Gasteiger partial charge in [0, 0.05) is 0 Å². The highest BCUT2D eigenvalue weighted by Crippen LogP contribution is 2.43. The Bertz CT molecular complexity index is 366. The van der Waals surface area contributed by atoms with Crippen molar-refractivity contribution in [1.82, 2.24) is 16.0 Å². The Labute approximate surface area is 91.6 Å². The van der Waals surface area contributed by atoms with Gasteiger partial charge in [0.05, 0.1) is 6.04 Å². The molecule has 1 unspecified atom stereocenters. The molecule has 2 atom stereocenters. The summed E-state index contributed by atoms with van der Waals surface area (Å²) in [5.74, 6) is -0.429. The molecule has 1 heterocycles. The lowest BCUT2D eigenvalue weighted by molar-refractivity contribution is -0.125. The van der Waals surface area contributed by atoms with Gasteiger partial charge in [0.1, 0.15) is 5.54 Å². The standard InChI is InChI=1S/C9H13N3O4/c1-4(10-8(15)16)9(5-2-3-5)6(13)11-7(14)12-9/h4-5,10H,2-3H2,1H3,(H,15,16)(H2,11,12,13,14)/t4-,9?/m1/s1. The molecule has 0 spiro atoms. The lowest BCUT2D eigenvalue weighted by Crippen LogP contribution is -2.62. The summed E-state index contributed by atoms with van der Waals surface area (Å²) in [4.78, 5) is 33.5. The minimum Gasteiger partial charge on any atom is -0.465 e. The molecule has 88 valence electrons. The number of carbonyl (C=O) groups excluding carboxylic acids is 2. The van der Waals surface area contributed by atoms with E-state index in [-0.39, 0.29) is 5.92 Å². The Kier molecular flexibility index (Phi) is 2.25. The third-order valence-corrected chi connectivity index (χ3v) is 3.17. The van der Waals surface area contributed by atoms with E-state index in [0.717, 1.165) is 12.8 Å². The van der Waals surface area contributed by atoms with Crippen LogP contribution in [-0.2, 0) is 4.79 Å². The number of carboxylic acid groups (broad SMARTS) is 1. The monoisotopic (exact) mass is 227 g/mol. The maximum absolute atomic E-state index is 11.8. The Balaban J connectivity index is 2.25. The van der Waals surface area contributed by atoms with Crippen molar-refractivity contribution in [2.24, 2.45) is 5.92 Å². The summed E-state index contributed by atoms with van der Waals surface area (Å²) in [6, 6.07) is -1.21. The first kappa shape index (κ1) is 10.7. The first-order valence-corrected chi connectivity index (χ1v) is 5.10. The molecule has 2 rings (SSSR count). The summed E-state index contributed by atoms with van der Waals surface area (Å²) in [6.45, 7) is 1.58. The molecule has 0 aromatic carbocycles. The number of amides is 4. The first-order valence-electron chi connectivity index (χ1n) is 5.10. The second-order valence-corrected chi connectivity index (χ2v) is 4.22. The summed E-state index contributed by atoms with van der Waals surface area (Å²) < 4.78 is 0. The Hall–Kier alpha value is -1.79. The van der Waals surface area contributed by atoms with Crippen LogP contribution in [0.15, 0.2) is 0 Å². The number of rotatable bonds is 3. The quantitative estimate of drug-likeness (QED) is 0.493. The van der Waals surface area contributed by atoms with Gasteiger partial charge in [-0.05, 0) is 25.7 Å². The molecule has 4 N–H and O–H groups in total. The minimum atomic E-state index is -1.21. The first-order chi connectivity index (χ1) is 7.46. The molecule has 0 bridgehead atoms. The van der Waals surface area contributed by atoms with Gasteiger partial charge in [-0.3, -0.25) is 10.1 Å². The smallest absolute Gasteiger partial charge is 0.404 e. The molecular weight excluding hydrogens is 214 g/mol. The second-order valence-electron chi connectivity index (χ2n) is 4.22. The number of nitrogens with one attached hydrogen (secondary N) is 3. The van der Waals surface area contributed by atoms with Crippen molar-refractivity contribution < 1.29 is 19.5 Å². The second kappa shape index (κ2) is 3.36. The van der Waals surface area contributed by atoms with Crippen LogP contribution in [0.25, 0.3) is 0 Å². The van der Waals surface area contributed by atoms with Crippen LogP contribution in [-0.4, -0.2) is 34.7 Å². The molecule has 0 radical (unpaired) electrons. The highest BCUT2D eigenvalue weighted by Gasteiger charge is 2.59. The zero-order chi connectivity index (χ0) is 11.9. The van der Waals surface area contributed by atoms with Crippen LogP contribution in [0.3, 0.4) is 0 Å². The number of hydrogen-bond acceptors (Lipinski definition) is 3. The summed E-state index contributed by atoms with van der Waals surface area (Å²) in [7, 11) is 0. The van der Waals surface area contributed by atoms with Gasteiger partial charge in [0.2, 0.25) is 0 Å². The molecule has 0 aromatic heterocycles. The van der Waals surface area contributed by atoms with Crippen LogP contribution < -0.4 is 16.0 Å². The molecule has 4 amide bonds. The molecule has 1 aliphatic heterocycles. The molecule has 1 saturated carbocycles. The zero-order valence-corrected chi connectivity index (χ0v) is 8.74. The van der Waals surface area contributed by atoms with Gasteiger partial charge in [-0.15, -0.1) is 0 Å². The molecule has 1 aliphatic carbocycles. The lowest BCUT2D eigenvalue weighted by atomic mass is 9.86. The molecule has 16 heavy (non-hydrogen) atoms. The predicted molar refractivity (Wildman–Crippen MR) is 52.8 cm³/mol. The molecular formula is C9H13N3O4. The fourth-order valence-corrected chi connectivity index (χ4v) is 2.27. The van der Waals surface area contributed by atoms with Crippen molar-refractivity contribution in [3.05, 3.63) is 0 Å². The normalized spacial score (nSPS) is 30.6. The van der Waals surface area contributed by atoms with Gasteiger partial charge in [0.25, 0.3) is 5.91 Å².